The molecule has 138 valence electrons. The van der Waals surface area contributed by atoms with Crippen LogP contribution in [0.5, 0.6) is 0 Å². The van der Waals surface area contributed by atoms with Crippen LogP contribution in [0.25, 0.3) is 11.4 Å². The fourth-order valence-electron chi connectivity index (χ4n) is 2.73. The standard InChI is InChI=1S/C16H22N6O.2ClH/c1-22-8-6-12(7-9-22)16(23)18-13-4-2-11(3-5-13)15-19-14(10-17)20-21-15;;/h2-5,12H,6-10,17H2,1H3,(H,18,23)(H,19,20,21);2*1H. The van der Waals surface area contributed by atoms with Gasteiger partial charge in [-0.25, -0.2) is 4.98 Å². The number of aromatic amines is 1. The number of aromatic nitrogens is 3. The number of rotatable bonds is 4. The van der Waals surface area contributed by atoms with Crippen molar-refractivity contribution in [3.8, 4) is 11.4 Å². The molecule has 2 aromatic rings. The first-order valence-electron chi connectivity index (χ1n) is 7.87. The molecular formula is C16H24Cl2N6O. The third-order valence-corrected chi connectivity index (χ3v) is 4.23. The van der Waals surface area contributed by atoms with Gasteiger partial charge in [0.2, 0.25) is 5.91 Å². The van der Waals surface area contributed by atoms with Crippen LogP contribution in [0, 0.1) is 5.92 Å². The minimum atomic E-state index is 0. The Balaban J connectivity index is 0.00000156. The fourth-order valence-corrected chi connectivity index (χ4v) is 2.73. The Bertz CT molecular complexity index is 668. The van der Waals surface area contributed by atoms with Crippen molar-refractivity contribution in [3.63, 3.8) is 0 Å². The summed E-state index contributed by atoms with van der Waals surface area (Å²) in [6.07, 6.45) is 1.83. The van der Waals surface area contributed by atoms with E-state index in [2.05, 4.69) is 32.4 Å². The summed E-state index contributed by atoms with van der Waals surface area (Å²) in [5, 5.41) is 9.90. The second kappa shape index (κ2) is 9.72. The lowest BCUT2D eigenvalue weighted by atomic mass is 9.96. The van der Waals surface area contributed by atoms with Crippen molar-refractivity contribution < 1.29 is 4.79 Å². The number of piperidine rings is 1. The van der Waals surface area contributed by atoms with E-state index >= 15 is 0 Å². The normalized spacial score (nSPS) is 15.1. The number of carbonyl (C=O) groups is 1. The van der Waals surface area contributed by atoms with Crippen LogP contribution in [0.1, 0.15) is 18.7 Å². The van der Waals surface area contributed by atoms with E-state index in [1.807, 2.05) is 24.3 Å². The number of anilines is 1. The molecule has 1 aromatic heterocycles. The number of carbonyl (C=O) groups excluding carboxylic acids is 1. The molecule has 25 heavy (non-hydrogen) atoms. The molecule has 7 nitrogen and oxygen atoms in total. The number of H-pyrrole nitrogens is 1. The maximum Gasteiger partial charge on any atom is 0.227 e. The van der Waals surface area contributed by atoms with Gasteiger partial charge in [-0.05, 0) is 57.2 Å². The zero-order valence-corrected chi connectivity index (χ0v) is 15.7. The summed E-state index contributed by atoms with van der Waals surface area (Å²) in [7, 11) is 2.09. The van der Waals surface area contributed by atoms with Crippen molar-refractivity contribution in [3.05, 3.63) is 30.1 Å². The van der Waals surface area contributed by atoms with Crippen molar-refractivity contribution in [1.29, 1.82) is 0 Å². The smallest absolute Gasteiger partial charge is 0.227 e. The zero-order chi connectivity index (χ0) is 16.2. The first-order chi connectivity index (χ1) is 11.2. The average molecular weight is 387 g/mol. The first kappa shape index (κ1) is 21.4. The fraction of sp³-hybridized carbons (Fsp3) is 0.438. The molecule has 1 aliphatic rings. The molecule has 0 bridgehead atoms. The monoisotopic (exact) mass is 386 g/mol. The molecule has 0 aliphatic carbocycles. The number of hydrogen-bond acceptors (Lipinski definition) is 5. The molecule has 3 rings (SSSR count). The summed E-state index contributed by atoms with van der Waals surface area (Å²) in [5.74, 6) is 1.47. The molecule has 1 saturated heterocycles. The minimum absolute atomic E-state index is 0. The van der Waals surface area contributed by atoms with Crippen molar-refractivity contribution in [2.75, 3.05) is 25.5 Å². The Morgan fingerprint density at radius 3 is 2.48 bits per heavy atom. The average Bonchev–Trinajstić information content (AvgIpc) is 3.05. The first-order valence-corrected chi connectivity index (χ1v) is 7.87. The highest BCUT2D eigenvalue weighted by Crippen LogP contribution is 2.21. The largest absolute Gasteiger partial charge is 0.326 e. The Morgan fingerprint density at radius 2 is 1.92 bits per heavy atom. The molecule has 1 amide bonds. The predicted molar refractivity (Wildman–Crippen MR) is 103 cm³/mol. The van der Waals surface area contributed by atoms with Crippen molar-refractivity contribution >= 4 is 36.4 Å². The Hall–Kier alpha value is -1.67. The van der Waals surface area contributed by atoms with Gasteiger partial charge in [0.15, 0.2) is 5.82 Å². The second-order valence-electron chi connectivity index (χ2n) is 5.95. The van der Waals surface area contributed by atoms with Crippen molar-refractivity contribution in [2.24, 2.45) is 11.7 Å². The number of hydrogen-bond donors (Lipinski definition) is 3. The van der Waals surface area contributed by atoms with Gasteiger partial charge < -0.3 is 16.0 Å². The third kappa shape index (κ3) is 5.40. The lowest BCUT2D eigenvalue weighted by Crippen LogP contribution is -2.35. The van der Waals surface area contributed by atoms with E-state index in [0.717, 1.165) is 37.2 Å². The van der Waals surface area contributed by atoms with E-state index in [1.165, 1.54) is 0 Å². The van der Waals surface area contributed by atoms with E-state index in [0.29, 0.717) is 18.2 Å². The van der Waals surface area contributed by atoms with Crippen LogP contribution in [-0.4, -0.2) is 46.1 Å². The molecule has 1 aliphatic heterocycles. The summed E-state index contributed by atoms with van der Waals surface area (Å²) in [6.45, 7) is 2.29. The quantitative estimate of drug-likeness (QED) is 0.746. The summed E-state index contributed by atoms with van der Waals surface area (Å²) >= 11 is 0. The third-order valence-electron chi connectivity index (χ3n) is 4.23. The van der Waals surface area contributed by atoms with Gasteiger partial charge in [0.1, 0.15) is 5.82 Å². The SMILES string of the molecule is CN1CCC(C(=O)Nc2ccc(-c3n[nH]c(CN)n3)cc2)CC1.Cl.Cl. The van der Waals surface area contributed by atoms with E-state index in [-0.39, 0.29) is 36.6 Å². The number of amides is 1. The van der Waals surface area contributed by atoms with Gasteiger partial charge in [0, 0.05) is 17.2 Å². The van der Waals surface area contributed by atoms with Crippen LogP contribution >= 0.6 is 24.8 Å². The summed E-state index contributed by atoms with van der Waals surface area (Å²) in [6, 6.07) is 7.54. The molecule has 2 heterocycles. The molecule has 0 saturated carbocycles. The van der Waals surface area contributed by atoms with E-state index < -0.39 is 0 Å². The van der Waals surface area contributed by atoms with Gasteiger partial charge in [-0.15, -0.1) is 24.8 Å². The van der Waals surface area contributed by atoms with Crippen molar-refractivity contribution in [1.82, 2.24) is 20.1 Å². The van der Waals surface area contributed by atoms with Gasteiger partial charge in [0.05, 0.1) is 6.54 Å². The predicted octanol–water partition coefficient (Wildman–Crippen LogP) is 2.05. The number of nitrogens with one attached hydrogen (secondary N) is 2. The van der Waals surface area contributed by atoms with Gasteiger partial charge in [-0.3, -0.25) is 9.89 Å². The highest BCUT2D eigenvalue weighted by Gasteiger charge is 2.23. The Morgan fingerprint density at radius 1 is 1.28 bits per heavy atom. The second-order valence-corrected chi connectivity index (χ2v) is 5.95. The molecule has 1 fully saturated rings. The highest BCUT2D eigenvalue weighted by atomic mass is 35.5. The van der Waals surface area contributed by atoms with Gasteiger partial charge in [-0.2, -0.15) is 5.10 Å². The molecule has 0 atom stereocenters. The maximum absolute atomic E-state index is 12.3. The molecule has 0 radical (unpaired) electrons. The molecular weight excluding hydrogens is 363 g/mol. The number of nitrogens with two attached hydrogens (primary N) is 1. The summed E-state index contributed by atoms with van der Waals surface area (Å²) in [4.78, 5) is 18.8. The van der Waals surface area contributed by atoms with Crippen LogP contribution in [0.15, 0.2) is 24.3 Å². The molecule has 0 spiro atoms. The van der Waals surface area contributed by atoms with Gasteiger partial charge in [-0.1, -0.05) is 0 Å². The van der Waals surface area contributed by atoms with Gasteiger partial charge in [0.25, 0.3) is 0 Å². The lowest BCUT2D eigenvalue weighted by Gasteiger charge is -2.28. The van der Waals surface area contributed by atoms with Crippen molar-refractivity contribution in [2.45, 2.75) is 19.4 Å². The number of halogens is 2. The molecule has 4 N–H and O–H groups in total. The molecule has 0 unspecified atom stereocenters. The Labute approximate surface area is 159 Å². The minimum Gasteiger partial charge on any atom is -0.326 e. The van der Waals surface area contributed by atoms with Crippen LogP contribution in [0.4, 0.5) is 5.69 Å². The summed E-state index contributed by atoms with van der Waals surface area (Å²) in [5.41, 5.74) is 7.20. The number of benzene rings is 1. The maximum atomic E-state index is 12.3. The van der Waals surface area contributed by atoms with Gasteiger partial charge >= 0.3 is 0 Å². The summed E-state index contributed by atoms with van der Waals surface area (Å²) < 4.78 is 0. The van der Waals surface area contributed by atoms with Crippen LogP contribution < -0.4 is 11.1 Å². The number of nitrogens with zero attached hydrogens (tertiary/aromatic N) is 3. The van der Waals surface area contributed by atoms with Crippen LogP contribution in [0.3, 0.4) is 0 Å². The molecule has 1 aromatic carbocycles. The Kier molecular flexibility index (Phi) is 8.31. The van der Waals surface area contributed by atoms with Crippen LogP contribution in [-0.2, 0) is 11.3 Å². The highest BCUT2D eigenvalue weighted by molar-refractivity contribution is 5.92. The topological polar surface area (TPSA) is 99.9 Å². The van der Waals surface area contributed by atoms with E-state index in [9.17, 15) is 4.79 Å². The number of likely N-dealkylation sites (tertiary alicyclic amines) is 1. The van der Waals surface area contributed by atoms with E-state index in [1.54, 1.807) is 0 Å². The zero-order valence-electron chi connectivity index (χ0n) is 14.1. The van der Waals surface area contributed by atoms with E-state index in [4.69, 9.17) is 5.73 Å². The lowest BCUT2D eigenvalue weighted by molar-refractivity contribution is -0.121. The van der Waals surface area contributed by atoms with Crippen LogP contribution in [0.2, 0.25) is 0 Å². The molecule has 9 heteroatoms.